The van der Waals surface area contributed by atoms with Crippen LogP contribution < -0.4 is 16.4 Å². The second kappa shape index (κ2) is 10.1. The van der Waals surface area contributed by atoms with Gasteiger partial charge in [-0.25, -0.2) is 0 Å². The van der Waals surface area contributed by atoms with E-state index >= 15 is 0 Å². The van der Waals surface area contributed by atoms with Crippen LogP contribution in [-0.2, 0) is 4.79 Å². The van der Waals surface area contributed by atoms with Crippen LogP contribution in [0.2, 0.25) is 0 Å². The van der Waals surface area contributed by atoms with Gasteiger partial charge in [-0.1, -0.05) is 48.5 Å². The van der Waals surface area contributed by atoms with Crippen molar-refractivity contribution in [1.29, 1.82) is 0 Å². The lowest BCUT2D eigenvalue weighted by molar-refractivity contribution is -0.124. The fraction of sp³-hybridized carbons (Fsp3) is 0.333. The largest absolute Gasteiger partial charge is 0.351 e. The number of hydrogen-bond acceptors (Lipinski definition) is 3. The first-order valence-corrected chi connectivity index (χ1v) is 9.10. The first-order chi connectivity index (χ1) is 12.6. The first-order valence-electron chi connectivity index (χ1n) is 9.10. The van der Waals surface area contributed by atoms with Crippen LogP contribution in [0.3, 0.4) is 0 Å². The van der Waals surface area contributed by atoms with E-state index in [0.717, 1.165) is 31.2 Å². The molecule has 0 aromatic heterocycles. The molecule has 0 spiro atoms. The Kier molecular flexibility index (Phi) is 7.82. The van der Waals surface area contributed by atoms with Crippen LogP contribution in [0.25, 0.3) is 0 Å². The third-order valence-corrected chi connectivity index (χ3v) is 4.82. The summed E-state index contributed by atoms with van der Waals surface area (Å²) in [4.78, 5) is 25.5. The topological polar surface area (TPSA) is 84.2 Å². The molecule has 1 unspecified atom stereocenters. The van der Waals surface area contributed by atoms with Gasteiger partial charge in [0.15, 0.2) is 0 Å². The highest BCUT2D eigenvalue weighted by molar-refractivity contribution is 5.97. The first kappa shape index (κ1) is 20.9. The maximum atomic E-state index is 12.9. The number of carbonyl (C=O) groups is 2. The van der Waals surface area contributed by atoms with Crippen molar-refractivity contribution in [3.8, 4) is 0 Å². The summed E-state index contributed by atoms with van der Waals surface area (Å²) in [7, 11) is 0. The van der Waals surface area contributed by atoms with Crippen LogP contribution in [0.15, 0.2) is 60.7 Å². The minimum atomic E-state index is -0.723. The van der Waals surface area contributed by atoms with E-state index in [2.05, 4.69) is 10.6 Å². The van der Waals surface area contributed by atoms with Gasteiger partial charge in [-0.2, -0.15) is 0 Å². The van der Waals surface area contributed by atoms with Crippen molar-refractivity contribution in [2.24, 2.45) is 5.73 Å². The molecule has 144 valence electrons. The van der Waals surface area contributed by atoms with Crippen molar-refractivity contribution in [3.63, 3.8) is 0 Å². The van der Waals surface area contributed by atoms with Crippen molar-refractivity contribution in [2.75, 3.05) is 0 Å². The Morgan fingerprint density at radius 2 is 1.44 bits per heavy atom. The van der Waals surface area contributed by atoms with Gasteiger partial charge in [0.25, 0.3) is 5.91 Å². The van der Waals surface area contributed by atoms with Gasteiger partial charge in [0.05, 0.1) is 0 Å². The van der Waals surface area contributed by atoms with Crippen LogP contribution in [0.1, 0.15) is 47.6 Å². The van der Waals surface area contributed by atoms with Crippen molar-refractivity contribution in [2.45, 2.75) is 43.8 Å². The molecule has 27 heavy (non-hydrogen) atoms. The molecule has 0 aliphatic heterocycles. The summed E-state index contributed by atoms with van der Waals surface area (Å²) in [5.74, 6) is -0.443. The van der Waals surface area contributed by atoms with E-state index in [4.69, 9.17) is 5.73 Å². The summed E-state index contributed by atoms with van der Waals surface area (Å²) in [6, 6.07) is 17.9. The average Bonchev–Trinajstić information content (AvgIpc) is 2.69. The van der Waals surface area contributed by atoms with E-state index in [1.54, 1.807) is 24.3 Å². The van der Waals surface area contributed by atoms with Gasteiger partial charge in [0.2, 0.25) is 5.91 Å². The number of halogens is 1. The summed E-state index contributed by atoms with van der Waals surface area (Å²) >= 11 is 0. The Labute approximate surface area is 166 Å². The Morgan fingerprint density at radius 1 is 0.889 bits per heavy atom. The zero-order chi connectivity index (χ0) is 18.4. The number of carbonyl (C=O) groups excluding carboxylic acids is 2. The fourth-order valence-electron chi connectivity index (χ4n) is 3.30. The number of rotatable bonds is 5. The third-order valence-electron chi connectivity index (χ3n) is 4.82. The molecule has 0 bridgehead atoms. The molecule has 1 atom stereocenters. The minimum Gasteiger partial charge on any atom is -0.351 e. The molecule has 0 radical (unpaired) electrons. The molecular weight excluding hydrogens is 362 g/mol. The quantitative estimate of drug-likeness (QED) is 0.737. The molecule has 1 aliphatic rings. The summed E-state index contributed by atoms with van der Waals surface area (Å²) < 4.78 is 0. The van der Waals surface area contributed by atoms with Gasteiger partial charge in [0.1, 0.15) is 6.04 Å². The standard InChI is InChI=1S/C21H25N3O2.ClH/c22-17-11-13-18(14-12-17)23-21(26)19(15-7-3-1-4-8-15)24-20(25)16-9-5-2-6-10-16;/h1-10,17-19H,11-14,22H2,(H,23,26)(H,24,25);1H. The molecule has 4 N–H and O–H groups in total. The zero-order valence-electron chi connectivity index (χ0n) is 15.1. The molecule has 1 fully saturated rings. The molecule has 1 saturated carbocycles. The van der Waals surface area contributed by atoms with E-state index < -0.39 is 6.04 Å². The maximum absolute atomic E-state index is 12.9. The van der Waals surface area contributed by atoms with Crippen LogP contribution in [0, 0.1) is 0 Å². The van der Waals surface area contributed by atoms with Crippen molar-refractivity contribution < 1.29 is 9.59 Å². The van der Waals surface area contributed by atoms with E-state index in [0.29, 0.717) is 5.56 Å². The number of nitrogens with two attached hydrogens (primary N) is 1. The summed E-state index contributed by atoms with van der Waals surface area (Å²) in [5, 5.41) is 5.96. The van der Waals surface area contributed by atoms with Crippen LogP contribution >= 0.6 is 12.4 Å². The Balaban J connectivity index is 0.00000261. The molecular formula is C21H26ClN3O2. The number of amides is 2. The van der Waals surface area contributed by atoms with Gasteiger partial charge < -0.3 is 16.4 Å². The number of hydrogen-bond donors (Lipinski definition) is 3. The minimum absolute atomic E-state index is 0. The highest BCUT2D eigenvalue weighted by Crippen LogP contribution is 2.19. The van der Waals surface area contributed by atoms with Gasteiger partial charge in [0, 0.05) is 17.6 Å². The monoisotopic (exact) mass is 387 g/mol. The molecule has 0 saturated heterocycles. The second-order valence-electron chi connectivity index (χ2n) is 6.80. The zero-order valence-corrected chi connectivity index (χ0v) is 16.0. The Bertz CT molecular complexity index is 732. The number of benzene rings is 2. The highest BCUT2D eigenvalue weighted by Gasteiger charge is 2.27. The van der Waals surface area contributed by atoms with Gasteiger partial charge >= 0.3 is 0 Å². The molecule has 0 heterocycles. The predicted octanol–water partition coefficient (Wildman–Crippen LogP) is 2.97. The van der Waals surface area contributed by atoms with Crippen molar-refractivity contribution in [1.82, 2.24) is 10.6 Å². The highest BCUT2D eigenvalue weighted by atomic mass is 35.5. The van der Waals surface area contributed by atoms with Crippen molar-refractivity contribution in [3.05, 3.63) is 71.8 Å². The van der Waals surface area contributed by atoms with E-state index in [1.165, 1.54) is 0 Å². The van der Waals surface area contributed by atoms with Gasteiger partial charge in [-0.05, 0) is 43.4 Å². The van der Waals surface area contributed by atoms with Crippen LogP contribution in [0.4, 0.5) is 0 Å². The lowest BCUT2D eigenvalue weighted by atomic mass is 9.91. The Hall–Kier alpha value is -2.37. The van der Waals surface area contributed by atoms with Crippen LogP contribution in [0.5, 0.6) is 0 Å². The lowest BCUT2D eigenvalue weighted by Gasteiger charge is -2.29. The van der Waals surface area contributed by atoms with Gasteiger partial charge in [-0.15, -0.1) is 12.4 Å². The molecule has 3 rings (SSSR count). The molecule has 6 heteroatoms. The molecule has 2 aromatic rings. The Morgan fingerprint density at radius 3 is 2.04 bits per heavy atom. The fourth-order valence-corrected chi connectivity index (χ4v) is 3.30. The average molecular weight is 388 g/mol. The summed E-state index contributed by atoms with van der Waals surface area (Å²) in [6.45, 7) is 0. The third kappa shape index (κ3) is 5.81. The molecule has 5 nitrogen and oxygen atoms in total. The lowest BCUT2D eigenvalue weighted by Crippen LogP contribution is -2.46. The molecule has 2 amide bonds. The van der Waals surface area contributed by atoms with Crippen molar-refractivity contribution >= 4 is 24.2 Å². The van der Waals surface area contributed by atoms with E-state index in [9.17, 15) is 9.59 Å². The number of nitrogens with one attached hydrogen (secondary N) is 2. The smallest absolute Gasteiger partial charge is 0.252 e. The SMILES string of the molecule is Cl.NC1CCC(NC(=O)C(NC(=O)c2ccccc2)c2ccccc2)CC1. The normalized spacial score (nSPS) is 20.0. The van der Waals surface area contributed by atoms with E-state index in [-0.39, 0.29) is 36.3 Å². The second-order valence-corrected chi connectivity index (χ2v) is 6.80. The predicted molar refractivity (Wildman–Crippen MR) is 109 cm³/mol. The summed E-state index contributed by atoms with van der Waals surface area (Å²) in [6.07, 6.45) is 3.58. The maximum Gasteiger partial charge on any atom is 0.252 e. The summed E-state index contributed by atoms with van der Waals surface area (Å²) in [5.41, 5.74) is 7.24. The molecule has 1 aliphatic carbocycles. The van der Waals surface area contributed by atoms with E-state index in [1.807, 2.05) is 36.4 Å². The molecule has 2 aromatic carbocycles. The van der Waals surface area contributed by atoms with Crippen LogP contribution in [-0.4, -0.2) is 23.9 Å². The van der Waals surface area contributed by atoms with Gasteiger partial charge in [-0.3, -0.25) is 9.59 Å².